The third-order valence-electron chi connectivity index (χ3n) is 6.20. The van der Waals surface area contributed by atoms with Gasteiger partial charge in [-0.15, -0.1) is 0 Å². The fourth-order valence-corrected chi connectivity index (χ4v) is 5.56. The number of alkyl halides is 3. The van der Waals surface area contributed by atoms with E-state index >= 15 is 0 Å². The maximum Gasteiger partial charge on any atom is 0.421 e. The first-order valence-corrected chi connectivity index (χ1v) is 12.1. The van der Waals surface area contributed by atoms with Gasteiger partial charge in [0.2, 0.25) is 0 Å². The van der Waals surface area contributed by atoms with E-state index in [0.29, 0.717) is 12.5 Å². The zero-order chi connectivity index (χ0) is 25.6. The third-order valence-corrected chi connectivity index (χ3v) is 7.92. The van der Waals surface area contributed by atoms with Gasteiger partial charge in [-0.2, -0.15) is 17.5 Å². The fraction of sp³-hybridized carbons (Fsp3) is 0.348. The predicted molar refractivity (Wildman–Crippen MR) is 121 cm³/mol. The lowest BCUT2D eigenvalue weighted by Gasteiger charge is -2.28. The fourth-order valence-electron chi connectivity index (χ4n) is 4.10. The van der Waals surface area contributed by atoms with Crippen molar-refractivity contribution in [2.75, 3.05) is 18.4 Å². The van der Waals surface area contributed by atoms with Crippen molar-refractivity contribution >= 4 is 15.7 Å². The van der Waals surface area contributed by atoms with Crippen LogP contribution in [-0.4, -0.2) is 52.7 Å². The zero-order valence-corrected chi connectivity index (χ0v) is 19.7. The molecule has 12 heteroatoms. The van der Waals surface area contributed by atoms with E-state index in [4.69, 9.17) is 0 Å². The van der Waals surface area contributed by atoms with Crippen LogP contribution < -0.4 is 5.32 Å². The minimum atomic E-state index is -4.89. The van der Waals surface area contributed by atoms with Crippen LogP contribution in [0.1, 0.15) is 24.0 Å². The molecule has 7 nitrogen and oxygen atoms in total. The Labute approximate surface area is 200 Å². The number of aryl methyl sites for hydroxylation is 1. The number of nitrogens with zero attached hydrogens (tertiary/aromatic N) is 3. The SMILES string of the molecule is Cn1cnc(S(=O)(=O)N2C[C@H](Nc3cccc(C(C)(O)C(F)(F)F)c3)[C@@H](c3ccc(F)cc3)C2)c1. The van der Waals surface area contributed by atoms with Gasteiger partial charge in [0.15, 0.2) is 10.6 Å². The molecule has 3 aromatic rings. The zero-order valence-electron chi connectivity index (χ0n) is 18.9. The lowest BCUT2D eigenvalue weighted by molar-refractivity contribution is -0.258. The van der Waals surface area contributed by atoms with Gasteiger partial charge in [-0.3, -0.25) is 0 Å². The minimum absolute atomic E-state index is 0.000835. The van der Waals surface area contributed by atoms with Crippen molar-refractivity contribution in [3.05, 3.63) is 78.0 Å². The second-order valence-electron chi connectivity index (χ2n) is 8.76. The van der Waals surface area contributed by atoms with Crippen LogP contribution in [0.25, 0.3) is 0 Å². The highest BCUT2D eigenvalue weighted by Crippen LogP contribution is 2.40. The maximum absolute atomic E-state index is 13.5. The largest absolute Gasteiger partial charge is 0.421 e. The molecule has 188 valence electrons. The Morgan fingerprint density at radius 3 is 2.40 bits per heavy atom. The molecular weight excluding hydrogens is 488 g/mol. The Morgan fingerprint density at radius 2 is 1.80 bits per heavy atom. The molecule has 2 aromatic carbocycles. The molecule has 3 atom stereocenters. The number of anilines is 1. The van der Waals surface area contributed by atoms with E-state index < -0.39 is 39.6 Å². The topological polar surface area (TPSA) is 87.5 Å². The number of sulfonamides is 1. The number of rotatable bonds is 6. The van der Waals surface area contributed by atoms with Crippen LogP contribution in [0.2, 0.25) is 0 Å². The average molecular weight is 513 g/mol. The van der Waals surface area contributed by atoms with Crippen LogP contribution in [0.5, 0.6) is 0 Å². The average Bonchev–Trinajstić information content (AvgIpc) is 3.41. The first kappa shape index (κ1) is 25.1. The van der Waals surface area contributed by atoms with Crippen LogP contribution in [0.15, 0.2) is 66.1 Å². The van der Waals surface area contributed by atoms with Gasteiger partial charge >= 0.3 is 6.18 Å². The second-order valence-corrected chi connectivity index (χ2v) is 10.6. The molecule has 1 unspecified atom stereocenters. The van der Waals surface area contributed by atoms with Crippen LogP contribution in [-0.2, 0) is 22.7 Å². The van der Waals surface area contributed by atoms with Crippen LogP contribution in [0.3, 0.4) is 0 Å². The van der Waals surface area contributed by atoms with E-state index in [1.807, 2.05) is 0 Å². The maximum atomic E-state index is 13.5. The molecule has 1 aliphatic rings. The van der Waals surface area contributed by atoms with Gasteiger partial charge in [0, 0.05) is 44.0 Å². The van der Waals surface area contributed by atoms with Gasteiger partial charge in [0.25, 0.3) is 10.0 Å². The Bertz CT molecular complexity index is 1310. The summed E-state index contributed by atoms with van der Waals surface area (Å²) in [6.07, 6.45) is -2.14. The summed E-state index contributed by atoms with van der Waals surface area (Å²) in [7, 11) is -2.30. The minimum Gasteiger partial charge on any atom is -0.380 e. The number of hydrogen-bond acceptors (Lipinski definition) is 5. The third kappa shape index (κ3) is 4.91. The van der Waals surface area contributed by atoms with E-state index in [9.17, 15) is 31.1 Å². The number of benzene rings is 2. The summed E-state index contributed by atoms with van der Waals surface area (Å²) < 4.78 is 82.6. The van der Waals surface area contributed by atoms with Crippen molar-refractivity contribution in [2.24, 2.45) is 7.05 Å². The molecule has 0 radical (unpaired) electrons. The molecule has 0 aliphatic carbocycles. The number of imidazole rings is 1. The van der Waals surface area contributed by atoms with Gasteiger partial charge in [0.05, 0.1) is 6.33 Å². The summed E-state index contributed by atoms with van der Waals surface area (Å²) in [5.41, 5.74) is -2.47. The molecule has 1 aliphatic heterocycles. The number of aliphatic hydroxyl groups is 1. The molecule has 0 amide bonds. The van der Waals surface area contributed by atoms with Crippen molar-refractivity contribution in [1.29, 1.82) is 0 Å². The van der Waals surface area contributed by atoms with E-state index in [0.717, 1.165) is 0 Å². The summed E-state index contributed by atoms with van der Waals surface area (Å²) in [6, 6.07) is 10.4. The van der Waals surface area contributed by atoms with Gasteiger partial charge < -0.3 is 15.0 Å². The molecule has 0 saturated carbocycles. The Hall–Kier alpha value is -2.96. The molecular formula is C23H24F4N4O3S. The van der Waals surface area contributed by atoms with Crippen LogP contribution >= 0.6 is 0 Å². The van der Waals surface area contributed by atoms with Crippen molar-refractivity contribution in [1.82, 2.24) is 13.9 Å². The van der Waals surface area contributed by atoms with Crippen LogP contribution in [0.4, 0.5) is 23.2 Å². The smallest absolute Gasteiger partial charge is 0.380 e. The van der Waals surface area contributed by atoms with E-state index in [2.05, 4.69) is 10.3 Å². The molecule has 1 fully saturated rings. The Kier molecular flexibility index (Phi) is 6.41. The first-order chi connectivity index (χ1) is 16.3. The van der Waals surface area contributed by atoms with Crippen LogP contribution in [0, 0.1) is 5.82 Å². The normalized spacial score (nSPS) is 21.1. The molecule has 1 saturated heterocycles. The van der Waals surface area contributed by atoms with Crippen molar-refractivity contribution in [3.63, 3.8) is 0 Å². The second kappa shape index (κ2) is 8.92. The quantitative estimate of drug-likeness (QED) is 0.493. The summed E-state index contributed by atoms with van der Waals surface area (Å²) in [4.78, 5) is 3.94. The molecule has 4 rings (SSSR count). The standard InChI is InChI=1S/C23H24F4N4O3S/c1-22(32,23(25,26)27)16-4-3-5-18(10-16)29-20-12-31(35(33,34)21-13-30(2)14-28-21)11-19(20)15-6-8-17(24)9-7-15/h3-10,13-14,19-20,29,32H,11-12H2,1-2H3/t19-,20+,22?/m1/s1. The molecule has 0 spiro atoms. The highest BCUT2D eigenvalue weighted by Gasteiger charge is 2.51. The molecule has 35 heavy (non-hydrogen) atoms. The Morgan fingerprint density at radius 1 is 1.11 bits per heavy atom. The van der Waals surface area contributed by atoms with E-state index in [1.165, 1.54) is 57.8 Å². The first-order valence-electron chi connectivity index (χ1n) is 10.7. The van der Waals surface area contributed by atoms with E-state index in [1.54, 1.807) is 19.2 Å². The molecule has 1 aromatic heterocycles. The summed E-state index contributed by atoms with van der Waals surface area (Å²) >= 11 is 0. The highest BCUT2D eigenvalue weighted by atomic mass is 32.2. The summed E-state index contributed by atoms with van der Waals surface area (Å²) in [5, 5.41) is 13.1. The Balaban J connectivity index is 1.66. The number of aromatic nitrogens is 2. The van der Waals surface area contributed by atoms with E-state index in [-0.39, 0.29) is 29.4 Å². The van der Waals surface area contributed by atoms with Crippen molar-refractivity contribution in [2.45, 2.75) is 35.7 Å². The van der Waals surface area contributed by atoms with Gasteiger partial charge in [-0.25, -0.2) is 17.8 Å². The number of hydrogen-bond donors (Lipinski definition) is 2. The lowest BCUT2D eigenvalue weighted by atomic mass is 9.93. The monoisotopic (exact) mass is 512 g/mol. The van der Waals surface area contributed by atoms with Gasteiger partial charge in [-0.1, -0.05) is 24.3 Å². The molecule has 2 heterocycles. The predicted octanol–water partition coefficient (Wildman–Crippen LogP) is 3.60. The van der Waals surface area contributed by atoms with Crippen molar-refractivity contribution in [3.8, 4) is 0 Å². The lowest BCUT2D eigenvalue weighted by Crippen LogP contribution is -2.39. The van der Waals surface area contributed by atoms with Gasteiger partial charge in [-0.05, 0) is 42.3 Å². The summed E-state index contributed by atoms with van der Waals surface area (Å²) in [5.74, 6) is -0.878. The highest BCUT2D eigenvalue weighted by molar-refractivity contribution is 7.89. The number of halogens is 4. The number of nitrogens with one attached hydrogen (secondary N) is 1. The van der Waals surface area contributed by atoms with Crippen molar-refractivity contribution < 1.29 is 31.1 Å². The van der Waals surface area contributed by atoms with Gasteiger partial charge in [0.1, 0.15) is 5.82 Å². The molecule has 2 N–H and O–H groups in total. The molecule has 0 bridgehead atoms. The summed E-state index contributed by atoms with van der Waals surface area (Å²) in [6.45, 7) is 0.729.